The molecule has 0 heterocycles. The molecule has 0 aromatic heterocycles. The predicted octanol–water partition coefficient (Wildman–Crippen LogP) is 3.56. The molecule has 0 unspecified atom stereocenters. The van der Waals surface area contributed by atoms with Crippen molar-refractivity contribution in [3.05, 3.63) is 34.9 Å². The van der Waals surface area contributed by atoms with Crippen molar-refractivity contribution >= 4 is 29.0 Å². The summed E-state index contributed by atoms with van der Waals surface area (Å²) in [6.07, 6.45) is -0.681. The minimum absolute atomic E-state index is 0.193. The zero-order chi connectivity index (χ0) is 16.2. The van der Waals surface area contributed by atoms with Crippen LogP contribution in [0.5, 0.6) is 0 Å². The van der Waals surface area contributed by atoms with Gasteiger partial charge in [-0.3, -0.25) is 5.32 Å². The minimum atomic E-state index is -0.681. The standard InChI is InChI=1S/C15H17ClN2O3/c1-9(8-19)11-5-10(7-17)6-12(13(11)16)18-14(20)21-15(2,3)4/h5-6,19H,1,8H2,2-4H3,(H,18,20). The van der Waals surface area contributed by atoms with Gasteiger partial charge in [-0.15, -0.1) is 0 Å². The van der Waals surface area contributed by atoms with Crippen LogP contribution < -0.4 is 5.32 Å². The van der Waals surface area contributed by atoms with E-state index in [1.807, 2.05) is 6.07 Å². The van der Waals surface area contributed by atoms with Gasteiger partial charge in [0.1, 0.15) is 5.60 Å². The van der Waals surface area contributed by atoms with Crippen LogP contribution in [0.2, 0.25) is 5.02 Å². The van der Waals surface area contributed by atoms with Gasteiger partial charge in [-0.05, 0) is 38.5 Å². The van der Waals surface area contributed by atoms with E-state index in [1.54, 1.807) is 20.8 Å². The molecule has 0 saturated carbocycles. The molecule has 1 amide bonds. The molecule has 0 fully saturated rings. The summed E-state index contributed by atoms with van der Waals surface area (Å²) in [5.41, 5.74) is 0.624. The molecule has 0 atom stereocenters. The first-order valence-corrected chi connectivity index (χ1v) is 6.58. The van der Waals surface area contributed by atoms with Gasteiger partial charge in [0.05, 0.1) is 28.9 Å². The molecule has 0 bridgehead atoms. The van der Waals surface area contributed by atoms with E-state index < -0.39 is 11.7 Å². The van der Waals surface area contributed by atoms with Crippen molar-refractivity contribution in [2.24, 2.45) is 0 Å². The van der Waals surface area contributed by atoms with E-state index in [4.69, 9.17) is 26.7 Å². The maximum atomic E-state index is 11.8. The van der Waals surface area contributed by atoms with Gasteiger partial charge in [0.2, 0.25) is 0 Å². The number of anilines is 1. The number of halogens is 1. The Bertz CT molecular complexity index is 613. The number of ether oxygens (including phenoxy) is 1. The van der Waals surface area contributed by atoms with E-state index in [2.05, 4.69) is 11.9 Å². The number of benzene rings is 1. The molecule has 21 heavy (non-hydrogen) atoms. The maximum absolute atomic E-state index is 11.8. The minimum Gasteiger partial charge on any atom is -0.444 e. The highest BCUT2D eigenvalue weighted by Gasteiger charge is 2.19. The van der Waals surface area contributed by atoms with Crippen LogP contribution in [-0.2, 0) is 4.74 Å². The average Bonchev–Trinajstić information content (AvgIpc) is 2.38. The van der Waals surface area contributed by atoms with Crippen LogP contribution in [0, 0.1) is 11.3 Å². The van der Waals surface area contributed by atoms with Gasteiger partial charge in [-0.25, -0.2) is 4.79 Å². The highest BCUT2D eigenvalue weighted by Crippen LogP contribution is 2.32. The molecule has 112 valence electrons. The summed E-state index contributed by atoms with van der Waals surface area (Å²) in [7, 11) is 0. The normalized spacial score (nSPS) is 10.7. The van der Waals surface area contributed by atoms with Crippen LogP contribution in [0.25, 0.3) is 5.57 Å². The predicted molar refractivity (Wildman–Crippen MR) is 82.1 cm³/mol. The Morgan fingerprint density at radius 3 is 2.62 bits per heavy atom. The van der Waals surface area contributed by atoms with Crippen molar-refractivity contribution < 1.29 is 14.6 Å². The number of hydrogen-bond donors (Lipinski definition) is 2. The Labute approximate surface area is 128 Å². The van der Waals surface area contributed by atoms with Crippen molar-refractivity contribution in [2.45, 2.75) is 26.4 Å². The average molecular weight is 309 g/mol. The molecule has 2 N–H and O–H groups in total. The molecular formula is C15H17ClN2O3. The van der Waals surface area contributed by atoms with Gasteiger partial charge < -0.3 is 9.84 Å². The molecule has 0 aliphatic heterocycles. The van der Waals surface area contributed by atoms with Crippen LogP contribution in [0.1, 0.15) is 31.9 Å². The second-order valence-corrected chi connectivity index (χ2v) is 5.76. The molecule has 1 aromatic carbocycles. The third-order valence-corrected chi connectivity index (χ3v) is 2.82. The summed E-state index contributed by atoms with van der Waals surface area (Å²) in [5.74, 6) is 0. The van der Waals surface area contributed by atoms with Gasteiger partial charge in [0.15, 0.2) is 0 Å². The van der Waals surface area contributed by atoms with Gasteiger partial charge >= 0.3 is 6.09 Å². The molecule has 1 aromatic rings. The monoisotopic (exact) mass is 308 g/mol. The third-order valence-electron chi connectivity index (χ3n) is 2.41. The summed E-state index contributed by atoms with van der Waals surface area (Å²) in [4.78, 5) is 11.8. The summed E-state index contributed by atoms with van der Waals surface area (Å²) < 4.78 is 5.13. The first kappa shape index (κ1) is 17.0. The van der Waals surface area contributed by atoms with Crippen molar-refractivity contribution in [2.75, 3.05) is 11.9 Å². The summed E-state index contributed by atoms with van der Waals surface area (Å²) in [5, 5.41) is 20.9. The van der Waals surface area contributed by atoms with Crippen LogP contribution in [-0.4, -0.2) is 23.4 Å². The fourth-order valence-electron chi connectivity index (χ4n) is 1.54. The summed E-state index contributed by atoms with van der Waals surface area (Å²) in [6, 6.07) is 4.89. The highest BCUT2D eigenvalue weighted by molar-refractivity contribution is 6.35. The van der Waals surface area contributed by atoms with Crippen LogP contribution in [0.3, 0.4) is 0 Å². The topological polar surface area (TPSA) is 82.4 Å². The number of aliphatic hydroxyl groups is 1. The van der Waals surface area contributed by atoms with E-state index in [1.165, 1.54) is 12.1 Å². The van der Waals surface area contributed by atoms with E-state index in [0.717, 1.165) is 0 Å². The van der Waals surface area contributed by atoms with Crippen molar-refractivity contribution in [1.82, 2.24) is 0 Å². The lowest BCUT2D eigenvalue weighted by atomic mass is 10.0. The lowest BCUT2D eigenvalue weighted by molar-refractivity contribution is 0.0636. The number of carbonyl (C=O) groups excluding carboxylic acids is 1. The smallest absolute Gasteiger partial charge is 0.412 e. The van der Waals surface area contributed by atoms with Gasteiger partial charge in [0.25, 0.3) is 0 Å². The lowest BCUT2D eigenvalue weighted by Gasteiger charge is -2.20. The number of carbonyl (C=O) groups is 1. The zero-order valence-corrected chi connectivity index (χ0v) is 12.9. The highest BCUT2D eigenvalue weighted by atomic mass is 35.5. The first-order chi connectivity index (χ1) is 9.67. The molecule has 1 rings (SSSR count). The number of nitrogens with zero attached hydrogens (tertiary/aromatic N) is 1. The van der Waals surface area contributed by atoms with E-state index >= 15 is 0 Å². The quantitative estimate of drug-likeness (QED) is 0.894. The Morgan fingerprint density at radius 1 is 1.52 bits per heavy atom. The molecular weight excluding hydrogens is 292 g/mol. The maximum Gasteiger partial charge on any atom is 0.412 e. The molecule has 5 nitrogen and oxygen atoms in total. The molecule has 0 spiro atoms. The molecule has 0 aliphatic rings. The van der Waals surface area contributed by atoms with Crippen molar-refractivity contribution in [1.29, 1.82) is 5.26 Å². The molecule has 0 saturated heterocycles. The van der Waals surface area contributed by atoms with Crippen LogP contribution >= 0.6 is 11.6 Å². The Hall–Kier alpha value is -2.03. The lowest BCUT2D eigenvalue weighted by Crippen LogP contribution is -2.27. The second kappa shape index (κ2) is 6.61. The molecule has 0 aliphatic carbocycles. The number of nitrogens with one attached hydrogen (secondary N) is 1. The fourth-order valence-corrected chi connectivity index (χ4v) is 1.83. The van der Waals surface area contributed by atoms with Crippen molar-refractivity contribution in [3.63, 3.8) is 0 Å². The summed E-state index contributed by atoms with van der Waals surface area (Å²) >= 11 is 6.18. The zero-order valence-electron chi connectivity index (χ0n) is 12.2. The van der Waals surface area contributed by atoms with Crippen LogP contribution in [0.15, 0.2) is 18.7 Å². The molecule has 0 radical (unpaired) electrons. The van der Waals surface area contributed by atoms with Gasteiger partial charge in [-0.2, -0.15) is 5.26 Å². The van der Waals surface area contributed by atoms with E-state index in [0.29, 0.717) is 11.1 Å². The third kappa shape index (κ3) is 4.78. The Morgan fingerprint density at radius 2 is 2.14 bits per heavy atom. The molecule has 6 heteroatoms. The summed E-state index contributed by atoms with van der Waals surface area (Å²) in [6.45, 7) is 8.57. The fraction of sp³-hybridized carbons (Fsp3) is 0.333. The number of hydrogen-bond acceptors (Lipinski definition) is 4. The Kier molecular flexibility index (Phi) is 5.36. The van der Waals surface area contributed by atoms with Gasteiger partial charge in [0, 0.05) is 5.56 Å². The number of amides is 1. The van der Waals surface area contributed by atoms with E-state index in [9.17, 15) is 4.79 Å². The van der Waals surface area contributed by atoms with E-state index in [-0.39, 0.29) is 22.9 Å². The number of rotatable bonds is 3. The van der Waals surface area contributed by atoms with Crippen LogP contribution in [0.4, 0.5) is 10.5 Å². The largest absolute Gasteiger partial charge is 0.444 e. The van der Waals surface area contributed by atoms with Gasteiger partial charge in [-0.1, -0.05) is 18.2 Å². The SMILES string of the molecule is C=C(CO)c1cc(C#N)cc(NC(=O)OC(C)(C)C)c1Cl. The van der Waals surface area contributed by atoms with Crippen molar-refractivity contribution in [3.8, 4) is 6.07 Å². The second-order valence-electron chi connectivity index (χ2n) is 5.39. The Balaban J connectivity index is 3.15. The first-order valence-electron chi connectivity index (χ1n) is 6.20. The number of aliphatic hydroxyl groups excluding tert-OH is 1. The number of nitriles is 1.